The van der Waals surface area contributed by atoms with Crippen LogP contribution in [0.2, 0.25) is 0 Å². The summed E-state index contributed by atoms with van der Waals surface area (Å²) >= 11 is 0. The van der Waals surface area contributed by atoms with E-state index < -0.39 is 17.5 Å². The van der Waals surface area contributed by atoms with E-state index in [0.717, 1.165) is 24.2 Å². The number of nitrogens with one attached hydrogen (secondary N) is 2. The molecule has 1 fully saturated rings. The van der Waals surface area contributed by atoms with Gasteiger partial charge in [-0.3, -0.25) is 14.4 Å². The van der Waals surface area contributed by atoms with Crippen LogP contribution in [0, 0.1) is 0 Å². The Labute approximate surface area is 288 Å². The molecule has 2 heterocycles. The number of pyridine rings is 1. The fourth-order valence-corrected chi connectivity index (χ4v) is 6.16. The molecule has 1 aromatic heterocycles. The maximum absolute atomic E-state index is 13.0. The van der Waals surface area contributed by atoms with Crippen LogP contribution in [0.4, 0.5) is 0 Å². The first-order valence-electron chi connectivity index (χ1n) is 16.5. The maximum Gasteiger partial charge on any atom is 0.317 e. The number of aliphatic hydroxyl groups is 1. The monoisotopic (exact) mass is 677 g/mol. The minimum absolute atomic E-state index is 0.0418. The second-order valence-electron chi connectivity index (χ2n) is 12.4. The highest BCUT2D eigenvalue weighted by Crippen LogP contribution is 2.36. The van der Waals surface area contributed by atoms with Gasteiger partial charge in [-0.2, -0.15) is 0 Å². The number of phenols is 1. The van der Waals surface area contributed by atoms with Crippen LogP contribution in [0.3, 0.4) is 0 Å². The molecular formula is C39H39N3O8. The zero-order chi connectivity index (χ0) is 35.1. The number of nitrogens with zero attached hydrogens (tertiary/aromatic N) is 1. The lowest BCUT2D eigenvalue weighted by Gasteiger charge is -2.47. The molecule has 1 aliphatic rings. The SMILES string of the molecule is O=C(c1ccc(OCc2cccc(OCCCCNCC(O)c3ccc(O)c4[nH]c(=O)ccc34)c2)cc1)N1CC(C(=O)O)(c2ccccc2)C1. The zero-order valence-electron chi connectivity index (χ0n) is 27.4. The summed E-state index contributed by atoms with van der Waals surface area (Å²) in [5.41, 5.74) is 1.61. The number of carbonyl (C=O) groups is 2. The average Bonchev–Trinajstić information content (AvgIpc) is 3.11. The molecule has 1 aliphatic heterocycles. The summed E-state index contributed by atoms with van der Waals surface area (Å²) in [5, 5.41) is 34.5. The van der Waals surface area contributed by atoms with Gasteiger partial charge in [-0.15, -0.1) is 0 Å². The Morgan fingerprint density at radius 3 is 2.42 bits per heavy atom. The van der Waals surface area contributed by atoms with Crippen LogP contribution < -0.4 is 20.3 Å². The highest BCUT2D eigenvalue weighted by Gasteiger charge is 2.52. The van der Waals surface area contributed by atoms with Crippen molar-refractivity contribution in [3.05, 3.63) is 136 Å². The fourth-order valence-electron chi connectivity index (χ4n) is 6.16. The van der Waals surface area contributed by atoms with Crippen molar-refractivity contribution in [2.45, 2.75) is 31.0 Å². The van der Waals surface area contributed by atoms with Gasteiger partial charge in [0.05, 0.1) is 18.2 Å². The molecule has 1 atom stereocenters. The fraction of sp³-hybridized carbons (Fsp3) is 0.256. The number of benzene rings is 4. The summed E-state index contributed by atoms with van der Waals surface area (Å²) in [6, 6.07) is 29.6. The molecule has 6 rings (SSSR count). The van der Waals surface area contributed by atoms with Crippen LogP contribution in [-0.4, -0.2) is 69.9 Å². The summed E-state index contributed by atoms with van der Waals surface area (Å²) in [5.74, 6) is 0.141. The van der Waals surface area contributed by atoms with Gasteiger partial charge < -0.3 is 40.0 Å². The molecule has 0 bridgehead atoms. The number of rotatable bonds is 15. The van der Waals surface area contributed by atoms with E-state index in [9.17, 15) is 29.7 Å². The number of carboxylic acids is 1. The van der Waals surface area contributed by atoms with Gasteiger partial charge in [0.15, 0.2) is 0 Å². The minimum atomic E-state index is -1.09. The second kappa shape index (κ2) is 15.3. The van der Waals surface area contributed by atoms with Crippen LogP contribution in [0.5, 0.6) is 17.2 Å². The van der Waals surface area contributed by atoms with E-state index in [0.29, 0.717) is 59.6 Å². The normalized spacial score (nSPS) is 14.1. The van der Waals surface area contributed by atoms with Crippen LogP contribution in [0.1, 0.15) is 46.0 Å². The van der Waals surface area contributed by atoms with E-state index in [4.69, 9.17) is 9.47 Å². The smallest absolute Gasteiger partial charge is 0.317 e. The summed E-state index contributed by atoms with van der Waals surface area (Å²) in [6.07, 6.45) is 0.833. The third-order valence-corrected chi connectivity index (χ3v) is 8.97. The van der Waals surface area contributed by atoms with Crippen LogP contribution >= 0.6 is 0 Å². The molecule has 1 amide bonds. The highest BCUT2D eigenvalue weighted by molar-refractivity contribution is 5.97. The Balaban J connectivity index is 0.902. The van der Waals surface area contributed by atoms with Gasteiger partial charge in [0.1, 0.15) is 29.3 Å². The second-order valence-corrected chi connectivity index (χ2v) is 12.4. The predicted molar refractivity (Wildman–Crippen MR) is 188 cm³/mol. The lowest BCUT2D eigenvalue weighted by Crippen LogP contribution is -2.65. The Morgan fingerprint density at radius 1 is 0.880 bits per heavy atom. The van der Waals surface area contributed by atoms with Crippen molar-refractivity contribution in [3.63, 3.8) is 0 Å². The van der Waals surface area contributed by atoms with Crippen LogP contribution in [0.15, 0.2) is 108 Å². The average molecular weight is 678 g/mol. The van der Waals surface area contributed by atoms with Crippen molar-refractivity contribution in [3.8, 4) is 17.2 Å². The minimum Gasteiger partial charge on any atom is -0.506 e. The molecule has 1 saturated heterocycles. The van der Waals surface area contributed by atoms with E-state index in [1.807, 2.05) is 30.3 Å². The molecule has 5 N–H and O–H groups in total. The first-order chi connectivity index (χ1) is 24.2. The number of amides is 1. The van der Waals surface area contributed by atoms with E-state index in [-0.39, 0.29) is 30.3 Å². The summed E-state index contributed by atoms with van der Waals surface area (Å²) in [4.78, 5) is 40.9. The van der Waals surface area contributed by atoms with Gasteiger partial charge in [-0.05, 0) is 84.6 Å². The standard InChI is InChI=1S/C39H39N3O8/c43-33-17-15-31(32-16-18-35(45)41-36(32)33)34(44)22-40-19-4-5-20-49-30-10-6-7-26(21-30)23-50-29-13-11-27(12-14-29)37(46)42-24-39(25-42,38(47)48)28-8-2-1-3-9-28/h1-3,6-18,21,34,40,43-44H,4-5,19-20,22-25H2,(H,41,45)(H,47,48). The van der Waals surface area contributed by atoms with Crippen LogP contribution in [-0.2, 0) is 16.8 Å². The van der Waals surface area contributed by atoms with Gasteiger partial charge in [0.25, 0.3) is 5.91 Å². The molecule has 4 aromatic carbocycles. The topological polar surface area (TPSA) is 161 Å². The third-order valence-electron chi connectivity index (χ3n) is 8.97. The van der Waals surface area contributed by atoms with Crippen molar-refractivity contribution >= 4 is 22.8 Å². The number of aliphatic carboxylic acids is 1. The number of unbranched alkanes of at least 4 members (excludes halogenated alkanes) is 1. The Kier molecular flexibility index (Phi) is 10.5. The predicted octanol–water partition coefficient (Wildman–Crippen LogP) is 4.77. The first kappa shape index (κ1) is 34.2. The van der Waals surface area contributed by atoms with E-state index in [1.54, 1.807) is 65.6 Å². The van der Waals surface area contributed by atoms with Gasteiger partial charge in [-0.25, -0.2) is 0 Å². The molecule has 258 valence electrons. The number of fused-ring (bicyclic) bond motifs is 1. The number of aromatic nitrogens is 1. The molecule has 0 spiro atoms. The first-order valence-corrected chi connectivity index (χ1v) is 16.5. The van der Waals surface area contributed by atoms with Crippen molar-refractivity contribution in [2.75, 3.05) is 32.8 Å². The summed E-state index contributed by atoms with van der Waals surface area (Å²) < 4.78 is 11.9. The van der Waals surface area contributed by atoms with Crippen LogP contribution in [0.25, 0.3) is 10.9 Å². The molecule has 50 heavy (non-hydrogen) atoms. The quantitative estimate of drug-likeness (QED) is 0.0983. The largest absolute Gasteiger partial charge is 0.506 e. The zero-order valence-corrected chi connectivity index (χ0v) is 27.4. The van der Waals surface area contributed by atoms with E-state index in [2.05, 4.69) is 10.3 Å². The number of aromatic amines is 1. The Bertz CT molecular complexity index is 2010. The Hall–Kier alpha value is -5.65. The number of carbonyl (C=O) groups excluding carboxylic acids is 1. The number of likely N-dealkylation sites (tertiary alicyclic amines) is 1. The number of hydrogen-bond acceptors (Lipinski definition) is 8. The summed E-state index contributed by atoms with van der Waals surface area (Å²) in [7, 11) is 0. The van der Waals surface area contributed by atoms with Crippen molar-refractivity contribution < 1.29 is 34.4 Å². The maximum atomic E-state index is 13.0. The van der Waals surface area contributed by atoms with Crippen molar-refractivity contribution in [1.82, 2.24) is 15.2 Å². The molecule has 11 heteroatoms. The van der Waals surface area contributed by atoms with E-state index >= 15 is 0 Å². The molecule has 1 unspecified atom stereocenters. The highest BCUT2D eigenvalue weighted by atomic mass is 16.5. The lowest BCUT2D eigenvalue weighted by molar-refractivity contribution is -0.149. The lowest BCUT2D eigenvalue weighted by atomic mass is 9.73. The van der Waals surface area contributed by atoms with Crippen molar-refractivity contribution in [2.24, 2.45) is 0 Å². The molecule has 0 aliphatic carbocycles. The molecule has 0 saturated carbocycles. The van der Waals surface area contributed by atoms with Gasteiger partial charge in [0.2, 0.25) is 5.56 Å². The van der Waals surface area contributed by atoms with E-state index in [1.165, 1.54) is 12.1 Å². The number of hydrogen-bond donors (Lipinski definition) is 5. The number of ether oxygens (including phenoxy) is 2. The number of aromatic hydroxyl groups is 1. The van der Waals surface area contributed by atoms with Crippen molar-refractivity contribution in [1.29, 1.82) is 0 Å². The molecular weight excluding hydrogens is 638 g/mol. The number of H-pyrrole nitrogens is 1. The van der Waals surface area contributed by atoms with Gasteiger partial charge >= 0.3 is 5.97 Å². The number of phenolic OH excluding ortho intramolecular Hbond substituents is 1. The number of aliphatic hydroxyl groups excluding tert-OH is 1. The molecule has 5 aromatic rings. The number of carboxylic acid groups (broad SMARTS) is 1. The van der Waals surface area contributed by atoms with Gasteiger partial charge in [-0.1, -0.05) is 48.5 Å². The Morgan fingerprint density at radius 2 is 1.66 bits per heavy atom. The molecule has 11 nitrogen and oxygen atoms in total. The van der Waals surface area contributed by atoms with Gasteiger partial charge in [0, 0.05) is 36.7 Å². The third kappa shape index (κ3) is 7.64. The summed E-state index contributed by atoms with van der Waals surface area (Å²) in [6.45, 7) is 2.08. The molecule has 0 radical (unpaired) electrons.